The number of H-pyrrole nitrogens is 1. The lowest BCUT2D eigenvalue weighted by atomic mass is 10.1. The van der Waals surface area contributed by atoms with Crippen LogP contribution in [0.1, 0.15) is 27.7 Å². The quantitative estimate of drug-likeness (QED) is 0.524. The lowest BCUT2D eigenvalue weighted by molar-refractivity contribution is 0.102. The first-order chi connectivity index (χ1) is 12.7. The van der Waals surface area contributed by atoms with Crippen LogP contribution in [0.5, 0.6) is 11.5 Å². The number of thioether (sulfide) groups is 1. The van der Waals surface area contributed by atoms with E-state index in [1.165, 1.54) is 11.8 Å². The zero-order valence-corrected chi connectivity index (χ0v) is 14.7. The van der Waals surface area contributed by atoms with Crippen LogP contribution in [0, 0.1) is 6.92 Å². The molecule has 26 heavy (non-hydrogen) atoms. The number of aromatic amines is 1. The Hall–Kier alpha value is -3.00. The minimum atomic E-state index is -0.0266. The van der Waals surface area contributed by atoms with Gasteiger partial charge < -0.3 is 13.9 Å². The van der Waals surface area contributed by atoms with Crippen LogP contribution in [0.2, 0.25) is 0 Å². The number of Topliss-reactive ketones (excluding diaryl/α,β-unsaturated/α-hetero) is 1. The number of nitrogens with one attached hydrogen (secondary N) is 1. The van der Waals surface area contributed by atoms with Gasteiger partial charge in [-0.05, 0) is 49.4 Å². The first-order valence-corrected chi connectivity index (χ1v) is 8.88. The third-order valence-corrected chi connectivity index (χ3v) is 4.52. The van der Waals surface area contributed by atoms with Crippen molar-refractivity contribution in [2.24, 2.45) is 0 Å². The van der Waals surface area contributed by atoms with Gasteiger partial charge in [-0.15, -0.1) is 5.10 Å². The van der Waals surface area contributed by atoms with Crippen LogP contribution in [-0.2, 0) is 0 Å². The van der Waals surface area contributed by atoms with Crippen LogP contribution in [0.15, 0.2) is 39.9 Å². The fraction of sp³-hybridized carbons (Fsp3) is 0.167. The highest BCUT2D eigenvalue weighted by molar-refractivity contribution is 7.99. The van der Waals surface area contributed by atoms with Gasteiger partial charge in [-0.25, -0.2) is 4.98 Å². The molecule has 0 unspecified atom stereocenters. The fourth-order valence-corrected chi connectivity index (χ4v) is 3.08. The van der Waals surface area contributed by atoms with Crippen molar-refractivity contribution in [2.45, 2.75) is 12.1 Å². The largest absolute Gasteiger partial charge is 0.462 e. The van der Waals surface area contributed by atoms with Crippen molar-refractivity contribution >= 4 is 29.7 Å². The number of ketones is 1. The average molecular weight is 369 g/mol. The van der Waals surface area contributed by atoms with Gasteiger partial charge >= 0.3 is 0 Å². The molecule has 1 aliphatic rings. The SMILES string of the molecule is Cc1ccc(/C=C/c2nc(SCC(=O)c3ccc4c(c3)OCO4)n[nH]2)o1. The van der Waals surface area contributed by atoms with E-state index >= 15 is 0 Å². The van der Waals surface area contributed by atoms with Gasteiger partial charge in [0.15, 0.2) is 17.3 Å². The van der Waals surface area contributed by atoms with Gasteiger partial charge in [0.2, 0.25) is 11.9 Å². The van der Waals surface area contributed by atoms with Crippen molar-refractivity contribution in [3.63, 3.8) is 0 Å². The fourth-order valence-electron chi connectivity index (χ4n) is 2.38. The molecule has 7 nitrogen and oxygen atoms in total. The zero-order valence-electron chi connectivity index (χ0n) is 13.9. The third-order valence-electron chi connectivity index (χ3n) is 3.68. The predicted octanol–water partition coefficient (Wildman–Crippen LogP) is 3.58. The summed E-state index contributed by atoms with van der Waals surface area (Å²) in [5.74, 6) is 3.65. The summed E-state index contributed by atoms with van der Waals surface area (Å²) in [7, 11) is 0. The molecule has 1 aliphatic heterocycles. The number of hydrogen-bond donors (Lipinski definition) is 1. The molecule has 0 aliphatic carbocycles. The van der Waals surface area contributed by atoms with E-state index in [1.807, 2.05) is 19.1 Å². The number of aryl methyl sites for hydroxylation is 1. The Morgan fingerprint density at radius 3 is 2.96 bits per heavy atom. The predicted molar refractivity (Wildman–Crippen MR) is 96.4 cm³/mol. The van der Waals surface area contributed by atoms with E-state index in [9.17, 15) is 4.79 Å². The molecule has 0 saturated carbocycles. The Balaban J connectivity index is 1.35. The van der Waals surface area contributed by atoms with E-state index in [0.717, 1.165) is 11.5 Å². The van der Waals surface area contributed by atoms with Crippen LogP contribution in [0.3, 0.4) is 0 Å². The second-order valence-electron chi connectivity index (χ2n) is 5.56. The number of nitrogens with zero attached hydrogens (tertiary/aromatic N) is 2. The second-order valence-corrected chi connectivity index (χ2v) is 6.51. The van der Waals surface area contributed by atoms with Crippen molar-refractivity contribution in [2.75, 3.05) is 12.5 Å². The third kappa shape index (κ3) is 3.65. The van der Waals surface area contributed by atoms with Crippen LogP contribution in [0.25, 0.3) is 12.2 Å². The standard InChI is InChI=1S/C18H15N3O4S/c1-11-2-4-13(25-11)5-7-17-19-18(21-20-17)26-9-14(22)12-3-6-15-16(8-12)24-10-23-15/h2-8H,9-10H2,1H3,(H,19,20,21)/b7-5+. The van der Waals surface area contributed by atoms with E-state index in [1.54, 1.807) is 30.4 Å². The number of hydrogen-bond acceptors (Lipinski definition) is 7. The lowest BCUT2D eigenvalue weighted by Crippen LogP contribution is -2.02. The highest BCUT2D eigenvalue weighted by Gasteiger charge is 2.16. The molecule has 0 amide bonds. The number of benzene rings is 1. The molecule has 0 radical (unpaired) electrons. The van der Waals surface area contributed by atoms with E-state index in [-0.39, 0.29) is 18.3 Å². The molecule has 0 atom stereocenters. The Morgan fingerprint density at radius 1 is 1.23 bits per heavy atom. The summed E-state index contributed by atoms with van der Waals surface area (Å²) in [6.07, 6.45) is 3.58. The Bertz CT molecular complexity index is 976. The molecule has 1 N–H and O–H groups in total. The summed E-state index contributed by atoms with van der Waals surface area (Å²) in [6.45, 7) is 2.07. The van der Waals surface area contributed by atoms with Crippen molar-refractivity contribution in [3.05, 3.63) is 53.2 Å². The Kier molecular flexibility index (Phi) is 4.49. The van der Waals surface area contributed by atoms with Gasteiger partial charge in [-0.3, -0.25) is 9.89 Å². The highest BCUT2D eigenvalue weighted by atomic mass is 32.2. The van der Waals surface area contributed by atoms with Gasteiger partial charge in [0.05, 0.1) is 5.75 Å². The summed E-state index contributed by atoms with van der Waals surface area (Å²) in [6, 6.07) is 8.94. The highest BCUT2D eigenvalue weighted by Crippen LogP contribution is 2.33. The summed E-state index contributed by atoms with van der Waals surface area (Å²) in [5.41, 5.74) is 0.575. The van der Waals surface area contributed by atoms with E-state index in [2.05, 4.69) is 15.2 Å². The monoisotopic (exact) mass is 369 g/mol. The van der Waals surface area contributed by atoms with E-state index in [0.29, 0.717) is 28.0 Å². The number of rotatable bonds is 6. The number of aromatic nitrogens is 3. The Labute approximate surface area is 153 Å². The average Bonchev–Trinajstić information content (AvgIpc) is 3.38. The minimum Gasteiger partial charge on any atom is -0.462 e. The van der Waals surface area contributed by atoms with Gasteiger partial charge in [0.1, 0.15) is 17.3 Å². The molecule has 3 heterocycles. The number of fused-ring (bicyclic) bond motifs is 1. The second kappa shape index (κ2) is 7.09. The van der Waals surface area contributed by atoms with E-state index in [4.69, 9.17) is 13.9 Å². The summed E-state index contributed by atoms with van der Waals surface area (Å²) in [4.78, 5) is 16.7. The molecular weight excluding hydrogens is 354 g/mol. The first kappa shape index (κ1) is 16.5. The summed E-state index contributed by atoms with van der Waals surface area (Å²) >= 11 is 1.27. The van der Waals surface area contributed by atoms with Gasteiger partial charge in [0.25, 0.3) is 0 Å². The maximum absolute atomic E-state index is 12.3. The smallest absolute Gasteiger partial charge is 0.231 e. The van der Waals surface area contributed by atoms with Crippen LogP contribution >= 0.6 is 11.8 Å². The first-order valence-electron chi connectivity index (χ1n) is 7.90. The number of furan rings is 1. The molecule has 8 heteroatoms. The molecule has 0 bridgehead atoms. The normalized spacial score (nSPS) is 12.8. The number of carbonyl (C=O) groups is 1. The molecule has 4 rings (SSSR count). The van der Waals surface area contributed by atoms with E-state index < -0.39 is 0 Å². The van der Waals surface area contributed by atoms with Crippen LogP contribution in [0.4, 0.5) is 0 Å². The molecule has 132 valence electrons. The maximum atomic E-state index is 12.3. The molecule has 0 saturated heterocycles. The van der Waals surface area contributed by atoms with Crippen molar-refractivity contribution < 1.29 is 18.7 Å². The zero-order chi connectivity index (χ0) is 17.9. The molecule has 0 spiro atoms. The van der Waals surface area contributed by atoms with Gasteiger partial charge in [0, 0.05) is 5.56 Å². The molecule has 3 aromatic rings. The van der Waals surface area contributed by atoms with Gasteiger partial charge in [-0.2, -0.15) is 0 Å². The van der Waals surface area contributed by atoms with Crippen LogP contribution < -0.4 is 9.47 Å². The van der Waals surface area contributed by atoms with Crippen molar-refractivity contribution in [1.82, 2.24) is 15.2 Å². The molecule has 1 aromatic carbocycles. The number of ether oxygens (including phenoxy) is 2. The molecular formula is C18H15N3O4S. The van der Waals surface area contributed by atoms with Crippen molar-refractivity contribution in [3.8, 4) is 11.5 Å². The van der Waals surface area contributed by atoms with Crippen molar-refractivity contribution in [1.29, 1.82) is 0 Å². The minimum absolute atomic E-state index is 0.0266. The van der Waals surface area contributed by atoms with Crippen LogP contribution in [-0.4, -0.2) is 33.5 Å². The molecule has 0 fully saturated rings. The molecule has 2 aromatic heterocycles. The summed E-state index contributed by atoms with van der Waals surface area (Å²) in [5, 5.41) is 7.44. The Morgan fingerprint density at radius 2 is 2.12 bits per heavy atom. The number of carbonyl (C=O) groups excluding carboxylic acids is 1. The maximum Gasteiger partial charge on any atom is 0.231 e. The lowest BCUT2D eigenvalue weighted by Gasteiger charge is -2.01. The topological polar surface area (TPSA) is 90.2 Å². The summed E-state index contributed by atoms with van der Waals surface area (Å²) < 4.78 is 16.0. The van der Waals surface area contributed by atoms with Gasteiger partial charge in [-0.1, -0.05) is 11.8 Å².